The molecule has 4 rings (SSSR count). The van der Waals surface area contributed by atoms with Crippen molar-refractivity contribution in [3.8, 4) is 11.1 Å². The highest BCUT2D eigenvalue weighted by atomic mass is 35.5. The summed E-state index contributed by atoms with van der Waals surface area (Å²) in [6, 6.07) is 10.5. The normalized spacial score (nSPS) is 12.7. The standard InChI is InChI=1S/C22H12ClN3O8/c1-34-22(27)18-9-13(24(28)29)7-16-15(6-11-2-4-12(23)5-3-11)17-8-14(25(30)31)10-19(26(32)33)21(17)20(16)18/h2-10H,1H3/b15-6+. The fourth-order valence-corrected chi connectivity index (χ4v) is 3.97. The van der Waals surface area contributed by atoms with E-state index in [1.165, 1.54) is 6.07 Å². The first-order chi connectivity index (χ1) is 16.1. The summed E-state index contributed by atoms with van der Waals surface area (Å²) in [4.78, 5) is 45.2. The highest BCUT2D eigenvalue weighted by Crippen LogP contribution is 2.53. The molecule has 34 heavy (non-hydrogen) atoms. The fourth-order valence-electron chi connectivity index (χ4n) is 3.85. The Bertz CT molecular complexity index is 1450. The molecule has 1 aliphatic carbocycles. The van der Waals surface area contributed by atoms with Crippen molar-refractivity contribution < 1.29 is 24.3 Å². The summed E-state index contributed by atoms with van der Waals surface area (Å²) in [6.07, 6.45) is 1.55. The lowest BCUT2D eigenvalue weighted by Gasteiger charge is -2.08. The molecule has 11 nitrogen and oxygen atoms in total. The predicted octanol–water partition coefficient (Wildman–Crippen LogP) is 5.42. The van der Waals surface area contributed by atoms with Crippen molar-refractivity contribution in [3.05, 3.63) is 106 Å². The first-order valence-corrected chi connectivity index (χ1v) is 9.86. The second-order valence-electron chi connectivity index (χ2n) is 7.18. The van der Waals surface area contributed by atoms with E-state index >= 15 is 0 Å². The monoisotopic (exact) mass is 481 g/mol. The van der Waals surface area contributed by atoms with Gasteiger partial charge in [0.25, 0.3) is 17.1 Å². The van der Waals surface area contributed by atoms with Crippen LogP contribution in [0.15, 0.2) is 48.5 Å². The van der Waals surface area contributed by atoms with E-state index in [9.17, 15) is 35.1 Å². The first-order valence-electron chi connectivity index (χ1n) is 9.48. The molecule has 3 aromatic rings. The predicted molar refractivity (Wildman–Crippen MR) is 122 cm³/mol. The molecule has 0 spiro atoms. The van der Waals surface area contributed by atoms with Gasteiger partial charge in [0.05, 0.1) is 39.1 Å². The number of non-ortho nitro benzene ring substituents is 2. The summed E-state index contributed by atoms with van der Waals surface area (Å²) in [6.45, 7) is 0. The molecule has 0 aromatic heterocycles. The van der Waals surface area contributed by atoms with Crippen LogP contribution in [0, 0.1) is 30.3 Å². The van der Waals surface area contributed by atoms with E-state index in [2.05, 4.69) is 0 Å². The van der Waals surface area contributed by atoms with Crippen molar-refractivity contribution in [2.24, 2.45) is 0 Å². The minimum Gasteiger partial charge on any atom is -0.465 e. The number of rotatable bonds is 5. The smallest absolute Gasteiger partial charge is 0.338 e. The van der Waals surface area contributed by atoms with Gasteiger partial charge in [0, 0.05) is 34.3 Å². The molecule has 0 radical (unpaired) electrons. The topological polar surface area (TPSA) is 156 Å². The highest BCUT2D eigenvalue weighted by Gasteiger charge is 2.38. The Morgan fingerprint density at radius 1 is 0.853 bits per heavy atom. The van der Waals surface area contributed by atoms with Crippen molar-refractivity contribution in [1.29, 1.82) is 0 Å². The summed E-state index contributed by atoms with van der Waals surface area (Å²) in [5.41, 5.74) is -0.935. The third kappa shape index (κ3) is 3.73. The van der Waals surface area contributed by atoms with E-state index in [1.54, 1.807) is 30.3 Å². The van der Waals surface area contributed by atoms with Crippen molar-refractivity contribution in [1.82, 2.24) is 0 Å². The van der Waals surface area contributed by atoms with Gasteiger partial charge in [-0.15, -0.1) is 0 Å². The molecule has 12 heteroatoms. The Balaban J connectivity index is 2.18. The van der Waals surface area contributed by atoms with Gasteiger partial charge in [-0.05, 0) is 34.9 Å². The third-order valence-corrected chi connectivity index (χ3v) is 5.51. The number of fused-ring (bicyclic) bond motifs is 3. The number of halogens is 1. The van der Waals surface area contributed by atoms with Gasteiger partial charge in [0.1, 0.15) is 0 Å². The maximum atomic E-state index is 12.6. The van der Waals surface area contributed by atoms with E-state index in [-0.39, 0.29) is 33.4 Å². The number of carbonyl (C=O) groups is 1. The van der Waals surface area contributed by atoms with Crippen LogP contribution in [-0.2, 0) is 4.74 Å². The summed E-state index contributed by atoms with van der Waals surface area (Å²) < 4.78 is 4.77. The van der Waals surface area contributed by atoms with Crippen molar-refractivity contribution in [3.63, 3.8) is 0 Å². The van der Waals surface area contributed by atoms with E-state index in [4.69, 9.17) is 16.3 Å². The number of hydrogen-bond acceptors (Lipinski definition) is 8. The number of nitrogens with zero attached hydrogens (tertiary/aromatic N) is 3. The van der Waals surface area contributed by atoms with Crippen molar-refractivity contribution in [2.75, 3.05) is 7.11 Å². The summed E-state index contributed by atoms with van der Waals surface area (Å²) >= 11 is 5.93. The Morgan fingerprint density at radius 3 is 1.94 bits per heavy atom. The van der Waals surface area contributed by atoms with Crippen LogP contribution in [0.25, 0.3) is 22.8 Å². The number of hydrogen-bond donors (Lipinski definition) is 0. The fraction of sp³-hybridized carbons (Fsp3) is 0.0455. The van der Waals surface area contributed by atoms with Crippen molar-refractivity contribution in [2.45, 2.75) is 0 Å². The zero-order valence-corrected chi connectivity index (χ0v) is 17.9. The molecule has 0 atom stereocenters. The molecule has 0 heterocycles. The van der Waals surface area contributed by atoms with E-state index < -0.39 is 37.8 Å². The molecule has 0 bridgehead atoms. The van der Waals surface area contributed by atoms with Crippen molar-refractivity contribution >= 4 is 46.3 Å². The van der Waals surface area contributed by atoms with Crippen LogP contribution >= 0.6 is 11.6 Å². The number of nitro benzene ring substituents is 3. The molecule has 0 aliphatic heterocycles. The lowest BCUT2D eigenvalue weighted by atomic mass is 9.96. The average Bonchev–Trinajstić information content (AvgIpc) is 3.11. The zero-order valence-electron chi connectivity index (χ0n) is 17.2. The van der Waals surface area contributed by atoms with Crippen LogP contribution in [0.3, 0.4) is 0 Å². The number of carbonyl (C=O) groups excluding carboxylic acids is 1. The summed E-state index contributed by atoms with van der Waals surface area (Å²) in [5.74, 6) is -0.953. The number of methoxy groups -OCH3 is 1. The quantitative estimate of drug-likeness (QED) is 0.208. The van der Waals surface area contributed by atoms with Gasteiger partial charge in [-0.1, -0.05) is 23.7 Å². The minimum atomic E-state index is -0.953. The number of esters is 1. The van der Waals surface area contributed by atoms with Gasteiger partial charge in [0.2, 0.25) is 0 Å². The van der Waals surface area contributed by atoms with Gasteiger partial charge in [-0.3, -0.25) is 30.3 Å². The van der Waals surface area contributed by atoms with Gasteiger partial charge in [-0.25, -0.2) is 4.79 Å². The molecular formula is C22H12ClN3O8. The number of ether oxygens (including phenoxy) is 1. The minimum absolute atomic E-state index is 0.0225. The Hall–Kier alpha value is -4.64. The highest BCUT2D eigenvalue weighted by molar-refractivity contribution is 6.30. The Morgan fingerprint density at radius 2 is 1.41 bits per heavy atom. The van der Waals surface area contributed by atoms with Gasteiger partial charge in [-0.2, -0.15) is 0 Å². The lowest BCUT2D eigenvalue weighted by molar-refractivity contribution is -0.393. The molecule has 0 N–H and O–H groups in total. The maximum absolute atomic E-state index is 12.6. The van der Waals surface area contributed by atoms with Gasteiger partial charge < -0.3 is 4.74 Å². The SMILES string of the molecule is COC(=O)c1cc([N+](=O)[O-])cc2c1-c1c(cc([N+](=O)[O-])cc1[N+](=O)[O-])/C2=C/c1ccc(Cl)cc1. The van der Waals surface area contributed by atoms with Gasteiger partial charge >= 0.3 is 5.97 Å². The van der Waals surface area contributed by atoms with E-state index in [1.807, 2.05) is 0 Å². The largest absolute Gasteiger partial charge is 0.465 e. The molecule has 0 amide bonds. The molecule has 170 valence electrons. The molecule has 0 saturated heterocycles. The Kier molecular flexibility index (Phi) is 5.55. The molecule has 0 saturated carbocycles. The molecule has 3 aromatic carbocycles. The van der Waals surface area contributed by atoms with Crippen LogP contribution in [0.1, 0.15) is 27.0 Å². The van der Waals surface area contributed by atoms with Gasteiger partial charge in [0.15, 0.2) is 0 Å². The molecule has 0 fully saturated rings. The second-order valence-corrected chi connectivity index (χ2v) is 7.61. The number of nitro groups is 3. The zero-order chi connectivity index (χ0) is 24.7. The van der Waals surface area contributed by atoms with E-state index in [0.29, 0.717) is 10.6 Å². The van der Waals surface area contributed by atoms with E-state index in [0.717, 1.165) is 25.3 Å². The first kappa shape index (κ1) is 22.6. The third-order valence-electron chi connectivity index (χ3n) is 5.26. The second kappa shape index (κ2) is 8.37. The number of benzene rings is 3. The molecular weight excluding hydrogens is 470 g/mol. The van der Waals surface area contributed by atoms with Crippen LogP contribution in [0.4, 0.5) is 17.1 Å². The summed E-state index contributed by atoms with van der Waals surface area (Å²) in [5, 5.41) is 35.4. The molecule has 0 unspecified atom stereocenters. The van der Waals surface area contributed by atoms with Crippen LogP contribution in [0.5, 0.6) is 0 Å². The average molecular weight is 482 g/mol. The maximum Gasteiger partial charge on any atom is 0.338 e. The molecule has 1 aliphatic rings. The van der Waals surface area contributed by atoms with Crippen LogP contribution in [0.2, 0.25) is 5.02 Å². The van der Waals surface area contributed by atoms with Crippen LogP contribution in [-0.4, -0.2) is 27.8 Å². The summed E-state index contributed by atoms with van der Waals surface area (Å²) in [7, 11) is 1.07. The van der Waals surface area contributed by atoms with Crippen LogP contribution < -0.4 is 0 Å². The Labute approximate surface area is 195 Å². The lowest BCUT2D eigenvalue weighted by Crippen LogP contribution is -2.06.